The van der Waals surface area contributed by atoms with Gasteiger partial charge in [-0.1, -0.05) is 0 Å². The molecule has 0 aliphatic heterocycles. The minimum Gasteiger partial charge on any atom is -0.469 e. The minimum absolute atomic E-state index is 0.0736. The second-order valence-corrected chi connectivity index (χ2v) is 4.49. The number of ether oxygens (including phenoxy) is 1. The first-order valence-electron chi connectivity index (χ1n) is 4.49. The summed E-state index contributed by atoms with van der Waals surface area (Å²) >= 11 is 0. The topological polar surface area (TPSA) is 78.9 Å². The molecule has 0 atom stereocenters. The molecule has 0 bridgehead atoms. The molecule has 6 nitrogen and oxygen atoms in total. The van der Waals surface area contributed by atoms with Gasteiger partial charge in [-0.2, -0.15) is 0 Å². The van der Waals surface area contributed by atoms with Gasteiger partial charge in [0.1, 0.15) is 6.42 Å². The minimum atomic E-state index is -3.82. The Balaban J connectivity index is 4.55. The number of carbonyl (C=O) groups is 2. The fourth-order valence-electron chi connectivity index (χ4n) is 0.814. The molecule has 15 heavy (non-hydrogen) atoms. The third-order valence-corrected chi connectivity index (χ3v) is 3.39. The van der Waals surface area contributed by atoms with Crippen LogP contribution in [0.4, 0.5) is 0 Å². The zero-order chi connectivity index (χ0) is 11.9. The molecule has 0 saturated heterocycles. The van der Waals surface area contributed by atoms with E-state index in [4.69, 9.17) is 9.05 Å². The maximum atomic E-state index is 11.8. The van der Waals surface area contributed by atoms with Crippen LogP contribution in [0.5, 0.6) is 0 Å². The highest BCUT2D eigenvalue weighted by molar-refractivity contribution is 7.71. The van der Waals surface area contributed by atoms with Crippen LogP contribution in [-0.4, -0.2) is 31.8 Å². The van der Waals surface area contributed by atoms with Crippen LogP contribution in [0.3, 0.4) is 0 Å². The smallest absolute Gasteiger partial charge is 0.397 e. The lowest BCUT2D eigenvalue weighted by Crippen LogP contribution is -2.13. The highest BCUT2D eigenvalue weighted by Crippen LogP contribution is 2.49. The average Bonchev–Trinajstić information content (AvgIpc) is 2.18. The molecule has 0 fully saturated rings. The van der Waals surface area contributed by atoms with Crippen molar-refractivity contribution in [2.75, 3.05) is 20.3 Å². The third kappa shape index (κ3) is 4.55. The fraction of sp³-hybridized carbons (Fsp3) is 0.750. The average molecular weight is 238 g/mol. The molecule has 0 amide bonds. The molecular weight excluding hydrogens is 223 g/mol. The fourth-order valence-corrected chi connectivity index (χ4v) is 2.18. The summed E-state index contributed by atoms with van der Waals surface area (Å²) < 4.78 is 25.5. The molecule has 0 aromatic rings. The summed E-state index contributed by atoms with van der Waals surface area (Å²) in [7, 11) is -2.68. The molecule has 0 unspecified atom stereocenters. The zero-order valence-corrected chi connectivity index (χ0v) is 9.91. The summed E-state index contributed by atoms with van der Waals surface area (Å²) in [5.74, 6) is -0.764. The summed E-state index contributed by atoms with van der Waals surface area (Å²) in [5.41, 5.74) is -0.877. The van der Waals surface area contributed by atoms with Crippen molar-refractivity contribution < 1.29 is 27.9 Å². The molecule has 0 aromatic heterocycles. The van der Waals surface area contributed by atoms with Crippen molar-refractivity contribution >= 4 is 19.1 Å². The van der Waals surface area contributed by atoms with Gasteiger partial charge in [-0.15, -0.1) is 0 Å². The Morgan fingerprint density at radius 1 is 1.13 bits per heavy atom. The van der Waals surface area contributed by atoms with E-state index in [0.29, 0.717) is 0 Å². The summed E-state index contributed by atoms with van der Waals surface area (Å²) in [6, 6.07) is 0. The first-order valence-corrected chi connectivity index (χ1v) is 6.03. The van der Waals surface area contributed by atoms with Crippen LogP contribution < -0.4 is 0 Å². The maximum absolute atomic E-state index is 11.8. The van der Waals surface area contributed by atoms with Gasteiger partial charge < -0.3 is 13.8 Å². The molecule has 0 radical (unpaired) electrons. The molecule has 0 heterocycles. The standard InChI is InChI=1S/C8H15O6P/c1-4-13-15(11,14-5-2)8(10)6-7(9)12-3/h4-6H2,1-3H3. The Labute approximate surface area is 88.4 Å². The van der Waals surface area contributed by atoms with Crippen LogP contribution in [0, 0.1) is 0 Å². The van der Waals surface area contributed by atoms with E-state index in [1.807, 2.05) is 0 Å². The third-order valence-electron chi connectivity index (χ3n) is 1.43. The normalized spacial score (nSPS) is 11.1. The number of carbonyl (C=O) groups excluding carboxylic acids is 2. The molecule has 0 aliphatic rings. The number of esters is 1. The van der Waals surface area contributed by atoms with Gasteiger partial charge in [0, 0.05) is 0 Å². The van der Waals surface area contributed by atoms with Crippen molar-refractivity contribution in [2.45, 2.75) is 20.3 Å². The van der Waals surface area contributed by atoms with Crippen LogP contribution in [0.1, 0.15) is 20.3 Å². The zero-order valence-electron chi connectivity index (χ0n) is 9.02. The van der Waals surface area contributed by atoms with Crippen molar-refractivity contribution in [1.82, 2.24) is 0 Å². The largest absolute Gasteiger partial charge is 0.469 e. The van der Waals surface area contributed by atoms with Crippen molar-refractivity contribution in [2.24, 2.45) is 0 Å². The van der Waals surface area contributed by atoms with Gasteiger partial charge in [0.15, 0.2) is 0 Å². The summed E-state index contributed by atoms with van der Waals surface area (Å²) in [4.78, 5) is 22.2. The SMILES string of the molecule is CCOP(=O)(OCC)C(=O)CC(=O)OC. The highest BCUT2D eigenvalue weighted by atomic mass is 31.2. The number of hydrogen-bond donors (Lipinski definition) is 0. The monoisotopic (exact) mass is 238 g/mol. The molecule has 0 aliphatic carbocycles. The second kappa shape index (κ2) is 6.71. The number of hydrogen-bond acceptors (Lipinski definition) is 6. The van der Waals surface area contributed by atoms with E-state index in [1.165, 1.54) is 0 Å². The van der Waals surface area contributed by atoms with E-state index >= 15 is 0 Å². The molecular formula is C8H15O6P. The van der Waals surface area contributed by atoms with Gasteiger partial charge >= 0.3 is 13.6 Å². The van der Waals surface area contributed by atoms with Crippen LogP contribution in [-0.2, 0) is 27.9 Å². The second-order valence-electron chi connectivity index (χ2n) is 2.48. The predicted molar refractivity (Wildman–Crippen MR) is 52.5 cm³/mol. The first-order chi connectivity index (χ1) is 7.00. The Hall–Kier alpha value is -0.710. The molecule has 0 aromatic carbocycles. The summed E-state index contributed by atoms with van der Waals surface area (Å²) in [6.45, 7) is 3.31. The summed E-state index contributed by atoms with van der Waals surface area (Å²) in [5, 5.41) is 0. The van der Waals surface area contributed by atoms with E-state index in [-0.39, 0.29) is 13.2 Å². The maximum Gasteiger partial charge on any atom is 0.397 e. The van der Waals surface area contributed by atoms with Crippen LogP contribution in [0.15, 0.2) is 0 Å². The Kier molecular flexibility index (Phi) is 6.40. The Morgan fingerprint density at radius 2 is 1.60 bits per heavy atom. The summed E-state index contributed by atoms with van der Waals surface area (Å²) in [6.07, 6.45) is -0.603. The molecule has 0 spiro atoms. The molecule has 7 heteroatoms. The number of methoxy groups -OCH3 is 1. The van der Waals surface area contributed by atoms with Gasteiger partial charge in [0.25, 0.3) is 5.52 Å². The van der Waals surface area contributed by atoms with Gasteiger partial charge in [0.2, 0.25) is 0 Å². The van der Waals surface area contributed by atoms with Gasteiger partial charge in [-0.25, -0.2) is 0 Å². The van der Waals surface area contributed by atoms with E-state index < -0.39 is 25.5 Å². The van der Waals surface area contributed by atoms with E-state index in [0.717, 1.165) is 7.11 Å². The predicted octanol–water partition coefficient (Wildman–Crippen LogP) is 1.34. The van der Waals surface area contributed by atoms with Gasteiger partial charge in [-0.05, 0) is 13.8 Å². The molecule has 88 valence electrons. The number of rotatable bonds is 7. The van der Waals surface area contributed by atoms with E-state index in [9.17, 15) is 14.2 Å². The lowest BCUT2D eigenvalue weighted by molar-refractivity contribution is -0.142. The molecule has 0 N–H and O–H groups in total. The van der Waals surface area contributed by atoms with E-state index in [1.54, 1.807) is 13.8 Å². The van der Waals surface area contributed by atoms with Crippen LogP contribution >= 0.6 is 7.60 Å². The van der Waals surface area contributed by atoms with Gasteiger partial charge in [-0.3, -0.25) is 14.2 Å². The van der Waals surface area contributed by atoms with Crippen molar-refractivity contribution in [3.63, 3.8) is 0 Å². The van der Waals surface area contributed by atoms with E-state index in [2.05, 4.69) is 4.74 Å². The van der Waals surface area contributed by atoms with Gasteiger partial charge in [0.05, 0.1) is 20.3 Å². The van der Waals surface area contributed by atoms with Crippen LogP contribution in [0.25, 0.3) is 0 Å². The quantitative estimate of drug-likeness (QED) is 0.378. The highest BCUT2D eigenvalue weighted by Gasteiger charge is 2.35. The molecule has 0 saturated carbocycles. The van der Waals surface area contributed by atoms with Crippen molar-refractivity contribution in [1.29, 1.82) is 0 Å². The Bertz CT molecular complexity index is 264. The van der Waals surface area contributed by atoms with Crippen molar-refractivity contribution in [3.8, 4) is 0 Å². The first kappa shape index (κ1) is 14.3. The lowest BCUT2D eigenvalue weighted by atomic mass is 10.5. The molecule has 0 rings (SSSR count). The lowest BCUT2D eigenvalue weighted by Gasteiger charge is -2.14. The Morgan fingerprint density at radius 3 is 1.93 bits per heavy atom. The van der Waals surface area contributed by atoms with Crippen molar-refractivity contribution in [3.05, 3.63) is 0 Å². The van der Waals surface area contributed by atoms with Crippen LogP contribution in [0.2, 0.25) is 0 Å².